The SMILES string of the molecule is COc1cc(O)c2c(=O)c(O[C@@H]3O[C@H](CO[C@@H]4O[C@H](CO)[C@@H](O)[C@H](O)[C@H]4O)[C@@H](O)[C@@H]3O[C@@H]3OC[C@](O)(CO)[C@H]3O)c(-c3ccc(O)c(OC)c3)oc2c1. The summed E-state index contributed by atoms with van der Waals surface area (Å²) < 4.78 is 50.6. The monoisotopic (exact) mass is 756 g/mol. The van der Waals surface area contributed by atoms with Crippen molar-refractivity contribution in [3.63, 3.8) is 0 Å². The summed E-state index contributed by atoms with van der Waals surface area (Å²) in [5.74, 6) is -1.57. The summed E-state index contributed by atoms with van der Waals surface area (Å²) in [6.45, 7) is -2.86. The van der Waals surface area contributed by atoms with Gasteiger partial charge in [-0.2, -0.15) is 0 Å². The van der Waals surface area contributed by atoms with Crippen LogP contribution in [0.4, 0.5) is 0 Å². The summed E-state index contributed by atoms with van der Waals surface area (Å²) in [4.78, 5) is 14.1. The van der Waals surface area contributed by atoms with Crippen molar-refractivity contribution in [3.8, 4) is 40.1 Å². The first-order valence-corrected chi connectivity index (χ1v) is 16.2. The van der Waals surface area contributed by atoms with Gasteiger partial charge in [0.25, 0.3) is 0 Å². The quantitative estimate of drug-likeness (QED) is 0.0880. The Morgan fingerprint density at radius 2 is 1.58 bits per heavy atom. The smallest absolute Gasteiger partial charge is 0.239 e. The predicted molar refractivity (Wildman–Crippen MR) is 172 cm³/mol. The van der Waals surface area contributed by atoms with E-state index in [9.17, 15) is 55.9 Å². The largest absolute Gasteiger partial charge is 0.507 e. The van der Waals surface area contributed by atoms with E-state index in [2.05, 4.69) is 0 Å². The molecule has 3 fully saturated rings. The first-order valence-electron chi connectivity index (χ1n) is 16.2. The Bertz CT molecular complexity index is 1820. The Morgan fingerprint density at radius 3 is 2.25 bits per heavy atom. The van der Waals surface area contributed by atoms with Crippen molar-refractivity contribution in [2.45, 2.75) is 73.3 Å². The normalized spacial score (nSPS) is 34.4. The Hall–Kier alpha value is -3.87. The van der Waals surface area contributed by atoms with E-state index in [1.165, 1.54) is 38.5 Å². The zero-order valence-corrected chi connectivity index (χ0v) is 28.1. The third-order valence-electron chi connectivity index (χ3n) is 9.26. The molecule has 53 heavy (non-hydrogen) atoms. The maximum Gasteiger partial charge on any atom is 0.239 e. The summed E-state index contributed by atoms with van der Waals surface area (Å²) in [6, 6.07) is 6.42. The highest BCUT2D eigenvalue weighted by Gasteiger charge is 2.54. The Labute approximate surface area is 299 Å². The first kappa shape index (κ1) is 38.8. The molecular weight excluding hydrogens is 716 g/mol. The van der Waals surface area contributed by atoms with Crippen molar-refractivity contribution in [2.75, 3.05) is 40.6 Å². The molecule has 12 atom stereocenters. The van der Waals surface area contributed by atoms with Crippen LogP contribution in [0.25, 0.3) is 22.3 Å². The van der Waals surface area contributed by atoms with Crippen molar-refractivity contribution in [3.05, 3.63) is 40.6 Å². The molecule has 0 spiro atoms. The van der Waals surface area contributed by atoms with Crippen LogP contribution in [0, 0.1) is 0 Å². The number of hydrogen-bond donors (Lipinski definition) is 10. The fourth-order valence-corrected chi connectivity index (χ4v) is 6.15. The molecule has 10 N–H and O–H groups in total. The maximum absolute atomic E-state index is 14.1. The summed E-state index contributed by atoms with van der Waals surface area (Å²) in [7, 11) is 2.62. The summed E-state index contributed by atoms with van der Waals surface area (Å²) in [5.41, 5.74) is -3.10. The second-order valence-electron chi connectivity index (χ2n) is 12.7. The van der Waals surface area contributed by atoms with E-state index in [0.717, 1.165) is 6.07 Å². The van der Waals surface area contributed by atoms with Crippen molar-refractivity contribution in [2.24, 2.45) is 0 Å². The van der Waals surface area contributed by atoms with Crippen molar-refractivity contribution in [1.29, 1.82) is 0 Å². The molecule has 2 aromatic carbocycles. The first-order chi connectivity index (χ1) is 25.2. The average molecular weight is 757 g/mol. The van der Waals surface area contributed by atoms with Gasteiger partial charge in [-0.15, -0.1) is 0 Å². The van der Waals surface area contributed by atoms with Gasteiger partial charge in [-0.3, -0.25) is 4.79 Å². The molecule has 0 bridgehead atoms. The van der Waals surface area contributed by atoms with E-state index < -0.39 is 117 Å². The molecule has 3 aliphatic heterocycles. The van der Waals surface area contributed by atoms with Gasteiger partial charge in [0.1, 0.15) is 70.8 Å². The highest BCUT2D eigenvalue weighted by atomic mass is 16.8. The van der Waals surface area contributed by atoms with Gasteiger partial charge in [0, 0.05) is 17.7 Å². The van der Waals surface area contributed by atoms with E-state index in [4.69, 9.17) is 42.3 Å². The van der Waals surface area contributed by atoms with Gasteiger partial charge in [-0.05, 0) is 18.2 Å². The van der Waals surface area contributed by atoms with E-state index in [1.807, 2.05) is 0 Å². The minimum atomic E-state index is -2.14. The second-order valence-corrected chi connectivity index (χ2v) is 12.7. The van der Waals surface area contributed by atoms with Crippen LogP contribution in [0.3, 0.4) is 0 Å². The van der Waals surface area contributed by atoms with Crippen LogP contribution < -0.4 is 19.6 Å². The molecule has 20 nitrogen and oxygen atoms in total. The van der Waals surface area contributed by atoms with Gasteiger partial charge in [0.05, 0.1) is 40.6 Å². The van der Waals surface area contributed by atoms with Gasteiger partial charge < -0.3 is 93.4 Å². The highest BCUT2D eigenvalue weighted by Crippen LogP contribution is 2.41. The number of rotatable bonds is 12. The average Bonchev–Trinajstić information content (AvgIpc) is 3.60. The number of ether oxygens (including phenoxy) is 8. The fourth-order valence-electron chi connectivity index (χ4n) is 6.15. The number of aliphatic hydroxyl groups is 8. The number of aromatic hydroxyl groups is 2. The topological polar surface area (TPSA) is 306 Å². The predicted octanol–water partition coefficient (Wildman–Crippen LogP) is -3.00. The lowest BCUT2D eigenvalue weighted by Gasteiger charge is -2.39. The van der Waals surface area contributed by atoms with E-state index in [0.29, 0.717) is 0 Å². The van der Waals surface area contributed by atoms with Gasteiger partial charge in [0.2, 0.25) is 17.5 Å². The summed E-state index contributed by atoms with van der Waals surface area (Å²) in [5, 5.41) is 103. The summed E-state index contributed by atoms with van der Waals surface area (Å²) in [6.07, 6.45) is -18.4. The van der Waals surface area contributed by atoms with E-state index in [1.54, 1.807) is 0 Å². The molecule has 0 unspecified atom stereocenters. The van der Waals surface area contributed by atoms with Crippen molar-refractivity contribution in [1.82, 2.24) is 0 Å². The molecule has 0 aliphatic carbocycles. The van der Waals surface area contributed by atoms with Gasteiger partial charge in [-0.1, -0.05) is 0 Å². The molecule has 0 saturated carbocycles. The van der Waals surface area contributed by atoms with Crippen LogP contribution in [-0.2, 0) is 23.7 Å². The minimum Gasteiger partial charge on any atom is -0.507 e. The molecule has 292 valence electrons. The number of methoxy groups -OCH3 is 2. The van der Waals surface area contributed by atoms with Crippen LogP contribution in [0.15, 0.2) is 39.5 Å². The molecule has 0 amide bonds. The molecule has 6 rings (SSSR count). The number of aliphatic hydroxyl groups excluding tert-OH is 7. The molecule has 4 heterocycles. The van der Waals surface area contributed by atoms with Crippen LogP contribution in [0.2, 0.25) is 0 Å². The zero-order valence-electron chi connectivity index (χ0n) is 28.1. The van der Waals surface area contributed by atoms with Crippen molar-refractivity contribution < 1.29 is 93.4 Å². The minimum absolute atomic E-state index is 0.0208. The molecule has 3 aromatic rings. The molecular formula is C33H40O20. The number of hydrogen-bond acceptors (Lipinski definition) is 20. The van der Waals surface area contributed by atoms with Crippen LogP contribution >= 0.6 is 0 Å². The molecule has 1 aromatic heterocycles. The van der Waals surface area contributed by atoms with Crippen LogP contribution in [0.5, 0.6) is 28.7 Å². The number of phenols is 2. The standard InChI is InChI=1S/C33H40O20/c1-45-13-6-15(37)20-17(7-13)49-26(12-3-4-14(36)16(5-12)46-2)27(23(20)40)52-31-28(53-32-29(43)33(44,10-35)11-48-32)22(39)19(51-31)9-47-30-25(42)24(41)21(38)18(8-34)50-30/h3-7,18-19,21-22,24-25,28-32,34-39,41-44H,8-11H2,1-2H3/t18-,19-,21-,22-,24+,25-,28+,29+,30-,31+,32+,33-/m1/s1. The molecule has 3 saturated heterocycles. The van der Waals surface area contributed by atoms with Gasteiger partial charge >= 0.3 is 0 Å². The Balaban J connectivity index is 1.38. The Morgan fingerprint density at radius 1 is 0.849 bits per heavy atom. The fraction of sp³-hybridized carbons (Fsp3) is 0.545. The van der Waals surface area contributed by atoms with E-state index in [-0.39, 0.29) is 39.5 Å². The van der Waals surface area contributed by atoms with Gasteiger partial charge in [-0.25, -0.2) is 0 Å². The maximum atomic E-state index is 14.1. The molecule has 0 radical (unpaired) electrons. The number of fused-ring (bicyclic) bond motifs is 1. The third kappa shape index (κ3) is 7.22. The van der Waals surface area contributed by atoms with Crippen molar-refractivity contribution >= 4 is 11.0 Å². The lowest BCUT2D eigenvalue weighted by atomic mass is 9.99. The number of benzene rings is 2. The van der Waals surface area contributed by atoms with Crippen LogP contribution in [0.1, 0.15) is 0 Å². The molecule has 3 aliphatic rings. The van der Waals surface area contributed by atoms with E-state index >= 15 is 0 Å². The lowest BCUT2D eigenvalue weighted by Crippen LogP contribution is -2.59. The molecule has 20 heteroatoms. The Kier molecular flexibility index (Phi) is 11.3. The summed E-state index contributed by atoms with van der Waals surface area (Å²) >= 11 is 0. The van der Waals surface area contributed by atoms with Gasteiger partial charge in [0.15, 0.2) is 35.9 Å². The van der Waals surface area contributed by atoms with Crippen LogP contribution in [-0.4, -0.2) is 165 Å². The zero-order chi connectivity index (χ0) is 38.4. The second kappa shape index (κ2) is 15.5. The third-order valence-corrected chi connectivity index (χ3v) is 9.26. The highest BCUT2D eigenvalue weighted by molar-refractivity contribution is 5.88. The number of phenolic OH excluding ortho intramolecular Hbond substituents is 2. The lowest BCUT2D eigenvalue weighted by molar-refractivity contribution is -0.306.